The highest BCUT2D eigenvalue weighted by Crippen LogP contribution is 2.32. The van der Waals surface area contributed by atoms with Gasteiger partial charge in [0.1, 0.15) is 11.3 Å². The average Bonchev–Trinajstić information content (AvgIpc) is 2.43. The van der Waals surface area contributed by atoms with Crippen LogP contribution in [0.25, 0.3) is 22.1 Å². The molecule has 0 saturated heterocycles. The van der Waals surface area contributed by atoms with E-state index in [2.05, 4.69) is 0 Å². The second-order valence-electron chi connectivity index (χ2n) is 4.93. The fraction of sp³-hybridized carbons (Fsp3) is 0.118. The molecule has 3 aromatic rings. The second kappa shape index (κ2) is 4.53. The molecular weight excluding hydrogens is 252 g/mol. The van der Waals surface area contributed by atoms with Crippen LogP contribution in [-0.4, -0.2) is 5.11 Å². The Kier molecular flexibility index (Phi) is 2.83. The molecule has 20 heavy (non-hydrogen) atoms. The van der Waals surface area contributed by atoms with Crippen molar-refractivity contribution in [3.8, 4) is 16.9 Å². The third-order valence-corrected chi connectivity index (χ3v) is 3.49. The summed E-state index contributed by atoms with van der Waals surface area (Å²) in [5.74, 6) is 0.127. The summed E-state index contributed by atoms with van der Waals surface area (Å²) in [7, 11) is 0. The van der Waals surface area contributed by atoms with Crippen molar-refractivity contribution in [2.75, 3.05) is 0 Å². The van der Waals surface area contributed by atoms with Crippen molar-refractivity contribution in [3.05, 3.63) is 64.0 Å². The molecule has 3 heteroatoms. The van der Waals surface area contributed by atoms with E-state index in [1.54, 1.807) is 19.1 Å². The van der Waals surface area contributed by atoms with Crippen LogP contribution < -0.4 is 5.63 Å². The first kappa shape index (κ1) is 12.5. The van der Waals surface area contributed by atoms with Gasteiger partial charge in [0.25, 0.3) is 0 Å². The Balaban J connectivity index is 2.38. The highest BCUT2D eigenvalue weighted by Gasteiger charge is 2.11. The molecule has 0 spiro atoms. The van der Waals surface area contributed by atoms with Crippen LogP contribution in [-0.2, 0) is 0 Å². The van der Waals surface area contributed by atoms with Crippen molar-refractivity contribution < 1.29 is 9.52 Å². The van der Waals surface area contributed by atoms with Crippen molar-refractivity contribution in [1.29, 1.82) is 0 Å². The molecule has 2 aromatic carbocycles. The molecule has 3 rings (SSSR count). The lowest BCUT2D eigenvalue weighted by molar-refractivity contribution is 0.468. The second-order valence-corrected chi connectivity index (χ2v) is 4.93. The number of benzene rings is 2. The van der Waals surface area contributed by atoms with E-state index in [0.717, 1.165) is 22.1 Å². The lowest BCUT2D eigenvalue weighted by Crippen LogP contribution is -1.99. The predicted molar refractivity (Wildman–Crippen MR) is 79.1 cm³/mol. The molecule has 0 fully saturated rings. The summed E-state index contributed by atoms with van der Waals surface area (Å²) in [4.78, 5) is 11.8. The monoisotopic (exact) mass is 266 g/mol. The topological polar surface area (TPSA) is 50.4 Å². The van der Waals surface area contributed by atoms with Gasteiger partial charge in [0.15, 0.2) is 0 Å². The number of phenolic OH excluding ortho intramolecular Hbond substituents is 1. The Hall–Kier alpha value is -2.55. The summed E-state index contributed by atoms with van der Waals surface area (Å²) in [5.41, 5.74) is 3.54. The highest BCUT2D eigenvalue weighted by molar-refractivity contribution is 5.95. The van der Waals surface area contributed by atoms with E-state index in [0.29, 0.717) is 11.1 Å². The SMILES string of the molecule is Cc1ccc(-c2cc(=O)oc3c(C)c(O)ccc23)cc1. The minimum absolute atomic E-state index is 0.127. The molecular formula is C17H14O3. The van der Waals surface area contributed by atoms with E-state index >= 15 is 0 Å². The molecule has 1 N–H and O–H groups in total. The zero-order valence-corrected chi connectivity index (χ0v) is 11.3. The van der Waals surface area contributed by atoms with E-state index < -0.39 is 5.63 Å². The molecule has 0 aliphatic rings. The molecule has 0 unspecified atom stereocenters. The minimum atomic E-state index is -0.415. The fourth-order valence-electron chi connectivity index (χ4n) is 2.32. The molecule has 0 saturated carbocycles. The van der Waals surface area contributed by atoms with E-state index in [4.69, 9.17) is 4.42 Å². The Morgan fingerprint density at radius 3 is 2.40 bits per heavy atom. The quantitative estimate of drug-likeness (QED) is 0.682. The normalized spacial score (nSPS) is 10.9. The van der Waals surface area contributed by atoms with Gasteiger partial charge in [-0.05, 0) is 37.1 Å². The van der Waals surface area contributed by atoms with Gasteiger partial charge in [0.2, 0.25) is 0 Å². The Labute approximate surface area is 116 Å². The number of phenols is 1. The third-order valence-electron chi connectivity index (χ3n) is 3.49. The van der Waals surface area contributed by atoms with Crippen LogP contribution in [0, 0.1) is 13.8 Å². The van der Waals surface area contributed by atoms with Gasteiger partial charge in [-0.15, -0.1) is 0 Å². The highest BCUT2D eigenvalue weighted by atomic mass is 16.4. The Morgan fingerprint density at radius 1 is 1.00 bits per heavy atom. The van der Waals surface area contributed by atoms with Crippen LogP contribution in [0.4, 0.5) is 0 Å². The van der Waals surface area contributed by atoms with E-state index in [-0.39, 0.29) is 5.75 Å². The maximum atomic E-state index is 11.8. The summed E-state index contributed by atoms with van der Waals surface area (Å²) < 4.78 is 5.24. The maximum absolute atomic E-state index is 11.8. The van der Waals surface area contributed by atoms with Crippen molar-refractivity contribution in [1.82, 2.24) is 0 Å². The van der Waals surface area contributed by atoms with E-state index in [1.807, 2.05) is 31.2 Å². The van der Waals surface area contributed by atoms with Crippen molar-refractivity contribution in [2.24, 2.45) is 0 Å². The molecule has 0 atom stereocenters. The van der Waals surface area contributed by atoms with Gasteiger partial charge >= 0.3 is 5.63 Å². The number of rotatable bonds is 1. The molecule has 3 nitrogen and oxygen atoms in total. The predicted octanol–water partition coefficient (Wildman–Crippen LogP) is 3.78. The number of hydrogen-bond donors (Lipinski definition) is 1. The number of aromatic hydroxyl groups is 1. The van der Waals surface area contributed by atoms with Crippen LogP contribution >= 0.6 is 0 Å². The molecule has 0 amide bonds. The van der Waals surface area contributed by atoms with Gasteiger partial charge in [0, 0.05) is 17.0 Å². The summed E-state index contributed by atoms with van der Waals surface area (Å²) in [6.07, 6.45) is 0. The van der Waals surface area contributed by atoms with Gasteiger partial charge in [-0.25, -0.2) is 4.79 Å². The minimum Gasteiger partial charge on any atom is -0.508 e. The summed E-state index contributed by atoms with van der Waals surface area (Å²) in [5, 5.41) is 10.6. The first-order valence-corrected chi connectivity index (χ1v) is 6.40. The lowest BCUT2D eigenvalue weighted by Gasteiger charge is -2.08. The standard InChI is InChI=1S/C17H14O3/c1-10-3-5-12(6-4-10)14-9-16(19)20-17-11(2)15(18)8-7-13(14)17/h3-9,18H,1-2H3. The first-order valence-electron chi connectivity index (χ1n) is 6.40. The molecule has 1 heterocycles. The van der Waals surface area contributed by atoms with Gasteiger partial charge in [0.05, 0.1) is 0 Å². The van der Waals surface area contributed by atoms with Crippen LogP contribution in [0.15, 0.2) is 51.7 Å². The lowest BCUT2D eigenvalue weighted by atomic mass is 9.99. The smallest absolute Gasteiger partial charge is 0.336 e. The number of aryl methyl sites for hydroxylation is 2. The van der Waals surface area contributed by atoms with Crippen LogP contribution in [0.2, 0.25) is 0 Å². The van der Waals surface area contributed by atoms with Gasteiger partial charge in [-0.2, -0.15) is 0 Å². The maximum Gasteiger partial charge on any atom is 0.336 e. The van der Waals surface area contributed by atoms with Gasteiger partial charge in [-0.3, -0.25) is 0 Å². The van der Waals surface area contributed by atoms with Crippen LogP contribution in [0.5, 0.6) is 5.75 Å². The number of fused-ring (bicyclic) bond motifs is 1. The van der Waals surface area contributed by atoms with Crippen LogP contribution in [0.3, 0.4) is 0 Å². The Bertz CT molecular complexity index is 842. The van der Waals surface area contributed by atoms with Gasteiger partial charge < -0.3 is 9.52 Å². The molecule has 100 valence electrons. The van der Waals surface area contributed by atoms with Gasteiger partial charge in [-0.1, -0.05) is 29.8 Å². The fourth-order valence-corrected chi connectivity index (χ4v) is 2.32. The molecule has 0 aliphatic heterocycles. The molecule has 0 radical (unpaired) electrons. The summed E-state index contributed by atoms with van der Waals surface area (Å²) in [6.45, 7) is 3.75. The largest absolute Gasteiger partial charge is 0.508 e. The zero-order chi connectivity index (χ0) is 14.3. The van der Waals surface area contributed by atoms with E-state index in [9.17, 15) is 9.90 Å². The van der Waals surface area contributed by atoms with Crippen molar-refractivity contribution in [3.63, 3.8) is 0 Å². The average molecular weight is 266 g/mol. The first-order chi connectivity index (χ1) is 9.56. The summed E-state index contributed by atoms with van der Waals surface area (Å²) in [6, 6.07) is 12.8. The number of hydrogen-bond acceptors (Lipinski definition) is 3. The Morgan fingerprint density at radius 2 is 1.70 bits per heavy atom. The molecule has 1 aromatic heterocycles. The summed E-state index contributed by atoms with van der Waals surface area (Å²) >= 11 is 0. The van der Waals surface area contributed by atoms with Crippen LogP contribution in [0.1, 0.15) is 11.1 Å². The van der Waals surface area contributed by atoms with Crippen molar-refractivity contribution >= 4 is 11.0 Å². The van der Waals surface area contributed by atoms with Crippen molar-refractivity contribution in [2.45, 2.75) is 13.8 Å². The third kappa shape index (κ3) is 1.97. The zero-order valence-electron chi connectivity index (χ0n) is 11.3. The molecule has 0 bridgehead atoms. The molecule has 0 aliphatic carbocycles. The van der Waals surface area contributed by atoms with E-state index in [1.165, 1.54) is 6.07 Å².